The molecule has 1 aromatic carbocycles. The van der Waals surface area contributed by atoms with Crippen LogP contribution in [0.4, 0.5) is 4.39 Å². The van der Waals surface area contributed by atoms with Gasteiger partial charge in [0.2, 0.25) is 0 Å². The molecular formula is C18H21FN2O5S. The molecule has 0 fully saturated rings. The second kappa shape index (κ2) is 7.61. The average Bonchev–Trinajstić information content (AvgIpc) is 2.65. The first-order valence-electron chi connectivity index (χ1n) is 9.36. The molecule has 0 saturated heterocycles. The van der Waals surface area contributed by atoms with Crippen molar-refractivity contribution >= 4 is 15.7 Å². The first-order chi connectivity index (χ1) is 13.7. The zero-order valence-electron chi connectivity index (χ0n) is 17.7. The van der Waals surface area contributed by atoms with E-state index in [9.17, 15) is 22.4 Å². The van der Waals surface area contributed by atoms with Gasteiger partial charge in [0.25, 0.3) is 11.5 Å². The van der Waals surface area contributed by atoms with Gasteiger partial charge in [-0.05, 0) is 25.8 Å². The van der Waals surface area contributed by atoms with Gasteiger partial charge < -0.3 is 4.57 Å². The first kappa shape index (κ1) is 16.6. The second-order valence-electron chi connectivity index (χ2n) is 6.34. The van der Waals surface area contributed by atoms with E-state index in [-0.39, 0.29) is 24.1 Å². The van der Waals surface area contributed by atoms with Crippen molar-refractivity contribution in [2.24, 2.45) is 0 Å². The van der Waals surface area contributed by atoms with Crippen LogP contribution in [0.2, 0.25) is 0 Å². The van der Waals surface area contributed by atoms with Gasteiger partial charge in [-0.3, -0.25) is 14.8 Å². The molecule has 0 saturated carbocycles. The van der Waals surface area contributed by atoms with Gasteiger partial charge >= 0.3 is 0 Å². The summed E-state index contributed by atoms with van der Waals surface area (Å²) in [5.74, 6) is -1.95. The Bertz CT molecular complexity index is 1110. The zero-order chi connectivity index (χ0) is 22.9. The number of rotatable bonds is 6. The van der Waals surface area contributed by atoms with Crippen molar-refractivity contribution in [3.05, 3.63) is 58.3 Å². The molecule has 2 rings (SSSR count). The second-order valence-corrected chi connectivity index (χ2v) is 8.78. The van der Waals surface area contributed by atoms with Crippen LogP contribution in [-0.2, 0) is 21.2 Å². The Morgan fingerprint density at radius 2 is 2.00 bits per heavy atom. The molecule has 7 nitrogen and oxygen atoms in total. The summed E-state index contributed by atoms with van der Waals surface area (Å²) < 4.78 is 59.6. The highest BCUT2D eigenvalue weighted by molar-refractivity contribution is 7.92. The molecule has 0 unspecified atom stereocenters. The third kappa shape index (κ3) is 4.25. The summed E-state index contributed by atoms with van der Waals surface area (Å²) in [6.07, 6.45) is 1.32. The van der Waals surface area contributed by atoms with E-state index < -0.39 is 38.7 Å². The average molecular weight is 399 g/mol. The number of aromatic nitrogens is 1. The number of benzene rings is 1. The molecule has 0 radical (unpaired) electrons. The minimum Gasteiger partial charge on any atom is -0.312 e. The predicted octanol–water partition coefficient (Wildman–Crippen LogP) is 1.66. The Balaban J connectivity index is 2.35. The number of aryl methyl sites for hydroxylation is 2. The van der Waals surface area contributed by atoms with Crippen LogP contribution >= 0.6 is 0 Å². The zero-order valence-corrected chi connectivity index (χ0v) is 15.5. The van der Waals surface area contributed by atoms with Gasteiger partial charge in [0.15, 0.2) is 14.6 Å². The van der Waals surface area contributed by atoms with Gasteiger partial charge in [-0.2, -0.15) is 0 Å². The number of hydrogen-bond donors (Lipinski definition) is 2. The highest BCUT2D eigenvalue weighted by Gasteiger charge is 2.43. The van der Waals surface area contributed by atoms with Crippen LogP contribution in [0.3, 0.4) is 0 Å². The number of carbonyl (C=O) groups excluding carboxylic acids is 1. The van der Waals surface area contributed by atoms with Crippen LogP contribution in [0.15, 0.2) is 41.3 Å². The number of hydroxylamine groups is 1. The summed E-state index contributed by atoms with van der Waals surface area (Å²) in [4.78, 5) is 24.3. The summed E-state index contributed by atoms with van der Waals surface area (Å²) in [6, 6.07) is 6.41. The monoisotopic (exact) mass is 399 g/mol. The van der Waals surface area contributed by atoms with Crippen LogP contribution in [0, 0.1) is 12.7 Å². The minimum absolute atomic E-state index is 0.0488. The third-order valence-electron chi connectivity index (χ3n) is 4.50. The lowest BCUT2D eigenvalue weighted by atomic mass is 10.0. The highest BCUT2D eigenvalue weighted by atomic mass is 32.2. The van der Waals surface area contributed by atoms with Gasteiger partial charge in [0.05, 0.1) is 0 Å². The Kier molecular flexibility index (Phi) is 4.69. The van der Waals surface area contributed by atoms with E-state index in [1.54, 1.807) is 0 Å². The molecule has 0 aliphatic carbocycles. The van der Waals surface area contributed by atoms with E-state index in [1.807, 2.05) is 0 Å². The third-order valence-corrected chi connectivity index (χ3v) is 6.53. The van der Waals surface area contributed by atoms with Crippen molar-refractivity contribution in [2.45, 2.75) is 31.5 Å². The Morgan fingerprint density at radius 1 is 1.37 bits per heavy atom. The summed E-state index contributed by atoms with van der Waals surface area (Å²) in [6.45, 7) is -1.52. The molecule has 0 bridgehead atoms. The molecule has 1 aromatic heterocycles. The molecule has 1 amide bonds. The number of sulfone groups is 1. The summed E-state index contributed by atoms with van der Waals surface area (Å²) >= 11 is 0. The number of carbonyl (C=O) groups is 1. The SMILES string of the molecule is [2H]C([2H])([2H])c1ccc(-c2cc(=O)n(CC[C@](C)(C(=O)NO)S(C)(=O)=O)cc2F)cc1. The molecule has 0 spiro atoms. The molecule has 1 heterocycles. The number of pyridine rings is 1. The van der Waals surface area contributed by atoms with Crippen LogP contribution < -0.4 is 11.0 Å². The van der Waals surface area contributed by atoms with Gasteiger partial charge in [-0.1, -0.05) is 29.8 Å². The summed E-state index contributed by atoms with van der Waals surface area (Å²) in [5, 5.41) is 8.83. The van der Waals surface area contributed by atoms with E-state index in [2.05, 4.69) is 0 Å². The largest absolute Gasteiger partial charge is 0.312 e. The van der Waals surface area contributed by atoms with E-state index in [1.165, 1.54) is 29.7 Å². The smallest absolute Gasteiger partial charge is 0.264 e. The van der Waals surface area contributed by atoms with Gasteiger partial charge in [-0.25, -0.2) is 18.3 Å². The number of hydrogen-bond acceptors (Lipinski definition) is 5. The Morgan fingerprint density at radius 3 is 2.52 bits per heavy atom. The normalized spacial score (nSPS) is 15.9. The minimum atomic E-state index is -3.96. The fourth-order valence-electron chi connectivity index (χ4n) is 2.51. The maximum Gasteiger partial charge on any atom is 0.264 e. The maximum absolute atomic E-state index is 14.6. The van der Waals surface area contributed by atoms with Crippen LogP contribution in [-0.4, -0.2) is 35.1 Å². The molecule has 0 aliphatic rings. The van der Waals surface area contributed by atoms with Gasteiger partial charge in [-0.15, -0.1) is 0 Å². The molecular weight excluding hydrogens is 375 g/mol. The highest BCUT2D eigenvalue weighted by Crippen LogP contribution is 2.24. The van der Waals surface area contributed by atoms with E-state index >= 15 is 0 Å². The molecule has 1 atom stereocenters. The molecule has 2 aromatic rings. The van der Waals surface area contributed by atoms with Gasteiger partial charge in [0.1, 0.15) is 5.82 Å². The van der Waals surface area contributed by atoms with Crippen LogP contribution in [0.25, 0.3) is 11.1 Å². The topological polar surface area (TPSA) is 105 Å². The quantitative estimate of drug-likeness (QED) is 0.568. The molecule has 2 N–H and O–H groups in total. The molecule has 9 heteroatoms. The van der Waals surface area contributed by atoms with Crippen molar-refractivity contribution in [1.82, 2.24) is 10.0 Å². The van der Waals surface area contributed by atoms with E-state index in [0.29, 0.717) is 5.56 Å². The van der Waals surface area contributed by atoms with E-state index in [0.717, 1.165) is 30.0 Å². The molecule has 146 valence electrons. The lowest BCUT2D eigenvalue weighted by Gasteiger charge is -2.25. The van der Waals surface area contributed by atoms with Crippen molar-refractivity contribution in [3.63, 3.8) is 0 Å². The van der Waals surface area contributed by atoms with Crippen LogP contribution in [0.1, 0.15) is 23.0 Å². The Hall–Kier alpha value is -2.52. The number of amides is 1. The standard InChI is InChI=1S/C18H21FN2O5S/c1-12-4-6-13(7-5-12)14-10-16(22)21(11-15(14)19)9-8-18(2,17(23)20-24)27(3,25)26/h4-7,10-11,24H,8-9H2,1-3H3,(H,20,23)/t18-/m1/s1/i1D3. The lowest BCUT2D eigenvalue weighted by molar-refractivity contribution is -0.131. The van der Waals surface area contributed by atoms with E-state index in [4.69, 9.17) is 9.32 Å². The number of nitrogens with zero attached hydrogens (tertiary/aromatic N) is 1. The maximum atomic E-state index is 14.6. The van der Waals surface area contributed by atoms with Crippen LogP contribution in [0.5, 0.6) is 0 Å². The summed E-state index contributed by atoms with van der Waals surface area (Å²) in [5.41, 5.74) is 0.973. The van der Waals surface area contributed by atoms with Crippen molar-refractivity contribution < 1.29 is 26.9 Å². The molecule has 0 aliphatic heterocycles. The first-order valence-corrected chi connectivity index (χ1v) is 9.75. The Labute approximate surface area is 160 Å². The fourth-order valence-corrected chi connectivity index (χ4v) is 3.35. The number of halogens is 1. The van der Waals surface area contributed by atoms with Crippen molar-refractivity contribution in [1.29, 1.82) is 0 Å². The van der Waals surface area contributed by atoms with Crippen molar-refractivity contribution in [3.8, 4) is 11.1 Å². The fraction of sp³-hybridized carbons (Fsp3) is 0.333. The predicted molar refractivity (Wildman–Crippen MR) is 98.6 cm³/mol. The lowest BCUT2D eigenvalue weighted by Crippen LogP contribution is -2.50. The summed E-state index contributed by atoms with van der Waals surface area (Å²) in [7, 11) is -3.96. The number of nitrogens with one attached hydrogen (secondary N) is 1. The van der Waals surface area contributed by atoms with Gasteiger partial charge in [0, 0.05) is 34.7 Å². The van der Waals surface area contributed by atoms with Crippen molar-refractivity contribution in [2.75, 3.05) is 6.26 Å². The molecule has 27 heavy (non-hydrogen) atoms.